The number of allylic oxidation sites excluding steroid dienone is 10. The summed E-state index contributed by atoms with van der Waals surface area (Å²) in [6.07, 6.45) is 7.43. The van der Waals surface area contributed by atoms with Crippen molar-refractivity contribution in [3.8, 4) is 0 Å². The van der Waals surface area contributed by atoms with Crippen LogP contribution in [0.3, 0.4) is 0 Å². The van der Waals surface area contributed by atoms with E-state index < -0.39 is 0 Å². The number of furan rings is 1. The number of hydrogen-bond acceptors (Lipinski definition) is 7. The number of Topliss-reactive ketones (excluding diaryl/α,β-unsaturated/α-hetero) is 2. The molecule has 1 aromatic heterocycles. The fraction of sp³-hybridized carbons (Fsp3) is 0.286. The second-order valence-corrected chi connectivity index (χ2v) is 14.8. The first-order valence-corrected chi connectivity index (χ1v) is 16.5. The molecule has 49 heavy (non-hydrogen) atoms. The van der Waals surface area contributed by atoms with Crippen LogP contribution in [0.5, 0.6) is 0 Å². The van der Waals surface area contributed by atoms with Crippen LogP contribution in [-0.4, -0.2) is 11.6 Å². The summed E-state index contributed by atoms with van der Waals surface area (Å²) in [7, 11) is 0. The van der Waals surface area contributed by atoms with Gasteiger partial charge in [-0.3, -0.25) is 9.59 Å². The Morgan fingerprint density at radius 3 is 1.18 bits per heavy atom. The maximum absolute atomic E-state index is 13.2. The number of aryl methyl sites for hydroxylation is 2. The molecule has 7 nitrogen and oxygen atoms in total. The molecule has 0 N–H and O–H groups in total. The molecule has 2 aliphatic carbocycles. The lowest BCUT2D eigenvalue weighted by molar-refractivity contribution is -0.113. The molecule has 0 spiro atoms. The van der Waals surface area contributed by atoms with Crippen LogP contribution in [0.15, 0.2) is 143 Å². The van der Waals surface area contributed by atoms with Gasteiger partial charge >= 0.3 is 0 Å². The molecule has 0 bridgehead atoms. The molecule has 250 valence electrons. The van der Waals surface area contributed by atoms with Crippen LogP contribution in [0.1, 0.15) is 78.0 Å². The van der Waals surface area contributed by atoms with Crippen molar-refractivity contribution in [2.75, 3.05) is 0 Å². The van der Waals surface area contributed by atoms with Gasteiger partial charge in [-0.1, -0.05) is 76.9 Å². The average molecular weight is 653 g/mol. The predicted molar refractivity (Wildman–Crippen MR) is 197 cm³/mol. The zero-order valence-electron chi connectivity index (χ0n) is 30.1. The zero-order chi connectivity index (χ0) is 35.7. The third-order valence-corrected chi connectivity index (χ3v) is 8.38. The van der Waals surface area contributed by atoms with Crippen molar-refractivity contribution in [1.29, 1.82) is 0 Å². The molecular weight excluding hydrogens is 608 g/mol. The van der Waals surface area contributed by atoms with Gasteiger partial charge in [0.15, 0.2) is 23.1 Å². The molecule has 5 rings (SSSR count). The molecule has 0 aliphatic heterocycles. The van der Waals surface area contributed by atoms with Gasteiger partial charge in [-0.15, -0.1) is 10.2 Å². The first-order valence-electron chi connectivity index (χ1n) is 16.5. The first kappa shape index (κ1) is 35.0. The number of benzene rings is 2. The maximum Gasteiger partial charge on any atom is 0.185 e. The van der Waals surface area contributed by atoms with E-state index in [1.54, 1.807) is 0 Å². The molecule has 0 fully saturated rings. The highest BCUT2D eigenvalue weighted by Crippen LogP contribution is 2.39. The van der Waals surface area contributed by atoms with Gasteiger partial charge in [-0.05, 0) is 110 Å². The van der Waals surface area contributed by atoms with Crippen molar-refractivity contribution in [2.24, 2.45) is 31.3 Å². The molecule has 7 heteroatoms. The minimum Gasteiger partial charge on any atom is -0.453 e. The Kier molecular flexibility index (Phi) is 9.77. The minimum atomic E-state index is -0.390. The van der Waals surface area contributed by atoms with E-state index in [0.717, 1.165) is 11.1 Å². The molecule has 0 saturated carbocycles. The molecule has 3 aromatic rings. The van der Waals surface area contributed by atoms with Gasteiger partial charge in [0, 0.05) is 22.3 Å². The molecule has 2 aromatic carbocycles. The van der Waals surface area contributed by atoms with Gasteiger partial charge in [-0.25, -0.2) is 0 Å². The van der Waals surface area contributed by atoms with Gasteiger partial charge in [0.05, 0.1) is 11.4 Å². The predicted octanol–water partition coefficient (Wildman–Crippen LogP) is 11.9. The summed E-state index contributed by atoms with van der Waals surface area (Å²) in [4.78, 5) is 26.4. The Labute approximate surface area is 289 Å². The Hall–Kier alpha value is -5.30. The van der Waals surface area contributed by atoms with Crippen LogP contribution in [0, 0.1) is 24.7 Å². The summed E-state index contributed by atoms with van der Waals surface area (Å²) in [5.74, 6) is 0.899. The minimum absolute atomic E-state index is 0.00480. The fourth-order valence-electron chi connectivity index (χ4n) is 5.46. The summed E-state index contributed by atoms with van der Waals surface area (Å²) < 4.78 is 6.59. The number of carbonyl (C=O) groups is 2. The molecule has 0 atom stereocenters. The molecule has 0 amide bonds. The Bertz CT molecular complexity index is 1910. The number of nitrogens with zero attached hydrogens (tertiary/aromatic N) is 4. The molecule has 1 heterocycles. The van der Waals surface area contributed by atoms with Crippen molar-refractivity contribution in [1.82, 2.24) is 0 Å². The number of rotatable bonds is 6. The highest BCUT2D eigenvalue weighted by Gasteiger charge is 2.30. The summed E-state index contributed by atoms with van der Waals surface area (Å²) in [6, 6.07) is 19.2. The molecule has 2 aliphatic rings. The van der Waals surface area contributed by atoms with Gasteiger partial charge in [0.2, 0.25) is 0 Å². The van der Waals surface area contributed by atoms with Crippen LogP contribution in [0.4, 0.5) is 11.4 Å². The van der Waals surface area contributed by atoms with Gasteiger partial charge in [0.1, 0.15) is 11.4 Å². The summed E-state index contributed by atoms with van der Waals surface area (Å²) in [6.45, 7) is 19.8. The monoisotopic (exact) mass is 652 g/mol. The van der Waals surface area contributed by atoms with E-state index in [2.05, 4.69) is 10.2 Å². The lowest BCUT2D eigenvalue weighted by atomic mass is 9.78. The lowest BCUT2D eigenvalue weighted by Gasteiger charge is -2.25. The smallest absolute Gasteiger partial charge is 0.185 e. The lowest BCUT2D eigenvalue weighted by Crippen LogP contribution is -2.21. The topological polar surface area (TPSA) is 96.7 Å². The van der Waals surface area contributed by atoms with Crippen molar-refractivity contribution in [3.05, 3.63) is 141 Å². The molecule has 0 saturated heterocycles. The van der Waals surface area contributed by atoms with Gasteiger partial charge in [-0.2, -0.15) is 10.2 Å². The van der Waals surface area contributed by atoms with Crippen molar-refractivity contribution < 1.29 is 14.0 Å². The number of hydrogen-bond donors (Lipinski definition) is 0. The molecule has 0 radical (unpaired) electrons. The maximum atomic E-state index is 13.2. The summed E-state index contributed by atoms with van der Waals surface area (Å²) in [5.41, 5.74) is 7.77. The Morgan fingerprint density at radius 1 is 0.510 bits per heavy atom. The van der Waals surface area contributed by atoms with E-state index in [4.69, 9.17) is 14.6 Å². The number of carbonyl (C=O) groups excluding carboxylic acids is 2. The van der Waals surface area contributed by atoms with E-state index >= 15 is 0 Å². The van der Waals surface area contributed by atoms with E-state index in [1.807, 2.05) is 154 Å². The summed E-state index contributed by atoms with van der Waals surface area (Å²) in [5, 5.41) is 18.6. The van der Waals surface area contributed by atoms with Crippen LogP contribution < -0.4 is 0 Å². The number of azo groups is 2. The zero-order valence-corrected chi connectivity index (χ0v) is 30.1. The Morgan fingerprint density at radius 2 is 0.857 bits per heavy atom. The SMILES string of the molecule is CC1=CC(=C(N=Nc2ccc(C)cc2)c2ccc(C(N=Nc3ccc(C)cc3)=C3C=C(C)C(=O)C(C(C)(C)C)=C3)o2)C=C(C(C)(C)C)C1=O. The summed E-state index contributed by atoms with van der Waals surface area (Å²) >= 11 is 0. The largest absolute Gasteiger partial charge is 0.453 e. The van der Waals surface area contributed by atoms with Crippen molar-refractivity contribution in [3.63, 3.8) is 0 Å². The van der Waals surface area contributed by atoms with E-state index in [1.165, 1.54) is 0 Å². The quantitative estimate of drug-likeness (QED) is 0.248. The van der Waals surface area contributed by atoms with Crippen LogP contribution >= 0.6 is 0 Å². The second-order valence-electron chi connectivity index (χ2n) is 14.8. The van der Waals surface area contributed by atoms with Gasteiger partial charge in [0.25, 0.3) is 0 Å². The van der Waals surface area contributed by atoms with Crippen molar-refractivity contribution >= 4 is 34.3 Å². The first-order chi connectivity index (χ1) is 23.0. The third kappa shape index (κ3) is 8.06. The van der Waals surface area contributed by atoms with E-state index in [9.17, 15) is 9.59 Å². The average Bonchev–Trinajstić information content (AvgIpc) is 3.50. The Balaban J connectivity index is 1.73. The molecule has 0 unspecified atom stereocenters. The van der Waals surface area contributed by atoms with Gasteiger partial charge < -0.3 is 4.42 Å². The van der Waals surface area contributed by atoms with Crippen LogP contribution in [0.25, 0.3) is 11.4 Å². The van der Waals surface area contributed by atoms with Crippen LogP contribution in [-0.2, 0) is 9.59 Å². The highest BCUT2D eigenvalue weighted by atomic mass is 16.3. The fourth-order valence-corrected chi connectivity index (χ4v) is 5.46. The van der Waals surface area contributed by atoms with E-state index in [0.29, 0.717) is 67.7 Å². The number of ketones is 2. The van der Waals surface area contributed by atoms with E-state index in [-0.39, 0.29) is 22.4 Å². The van der Waals surface area contributed by atoms with Crippen LogP contribution in [0.2, 0.25) is 0 Å². The standard InChI is InChI=1S/C42H44N4O3/c1-25-11-15-31(16-12-25)43-45-37(29-21-27(3)39(47)33(23-29)41(5,6)7)35-19-20-36(49-35)38(46-44-32-17-13-26(2)14-18-32)30-22-28(4)40(48)34(24-30)42(8,9)10/h11-24H,1-10H3. The molecular formula is C42H44N4O3. The third-order valence-electron chi connectivity index (χ3n) is 8.38. The normalized spacial score (nSPS) is 18.1. The highest BCUT2D eigenvalue weighted by molar-refractivity contribution is 6.12. The second kappa shape index (κ2) is 13.7. The van der Waals surface area contributed by atoms with Crippen molar-refractivity contribution in [2.45, 2.75) is 69.2 Å².